The SMILES string of the molecule is CCOS(=O)(=O)SNCC(CC)Oc1ccc(C(C)C)cc1C(C)C. The van der Waals surface area contributed by atoms with Crippen LogP contribution in [0.5, 0.6) is 5.75 Å². The van der Waals surface area contributed by atoms with Crippen molar-refractivity contribution >= 4 is 20.1 Å². The van der Waals surface area contributed by atoms with Crippen LogP contribution in [0, 0.1) is 0 Å². The van der Waals surface area contributed by atoms with E-state index in [1.165, 1.54) is 11.1 Å². The van der Waals surface area contributed by atoms with Crippen LogP contribution in [0.15, 0.2) is 18.2 Å². The fraction of sp³-hybridized carbons (Fsp3) is 0.667. The van der Waals surface area contributed by atoms with Crippen molar-refractivity contribution in [2.45, 2.75) is 65.9 Å². The molecular weight excluding hydrogens is 358 g/mol. The Balaban J connectivity index is 2.77. The molecule has 1 atom stereocenters. The maximum Gasteiger partial charge on any atom is 0.336 e. The van der Waals surface area contributed by atoms with Crippen LogP contribution < -0.4 is 9.46 Å². The van der Waals surface area contributed by atoms with Crippen LogP contribution in [0.2, 0.25) is 0 Å². The first kappa shape index (κ1) is 22.3. The zero-order valence-electron chi connectivity index (χ0n) is 16.0. The smallest absolute Gasteiger partial charge is 0.336 e. The molecule has 0 aliphatic carbocycles. The highest BCUT2D eigenvalue weighted by Crippen LogP contribution is 2.31. The Kier molecular flexibility index (Phi) is 9.27. The maximum atomic E-state index is 11.5. The van der Waals surface area contributed by atoms with E-state index in [1.807, 2.05) is 13.0 Å². The van der Waals surface area contributed by atoms with Crippen molar-refractivity contribution in [2.24, 2.45) is 0 Å². The minimum atomic E-state index is -3.60. The van der Waals surface area contributed by atoms with Gasteiger partial charge in [-0.15, -0.1) is 0 Å². The van der Waals surface area contributed by atoms with Crippen molar-refractivity contribution in [1.82, 2.24) is 4.72 Å². The first-order chi connectivity index (χ1) is 11.7. The number of benzene rings is 1. The summed E-state index contributed by atoms with van der Waals surface area (Å²) < 4.78 is 36.8. The molecule has 0 fully saturated rings. The van der Waals surface area contributed by atoms with E-state index >= 15 is 0 Å². The van der Waals surface area contributed by atoms with Crippen LogP contribution in [0.4, 0.5) is 0 Å². The summed E-state index contributed by atoms with van der Waals surface area (Å²) in [5.74, 6) is 1.69. The van der Waals surface area contributed by atoms with Crippen molar-refractivity contribution in [2.75, 3.05) is 13.2 Å². The lowest BCUT2D eigenvalue weighted by Gasteiger charge is -2.22. The monoisotopic (exact) mass is 389 g/mol. The number of hydrogen-bond donors (Lipinski definition) is 1. The molecule has 0 aliphatic heterocycles. The van der Waals surface area contributed by atoms with Crippen molar-refractivity contribution in [3.8, 4) is 5.75 Å². The molecule has 0 aromatic heterocycles. The summed E-state index contributed by atoms with van der Waals surface area (Å²) in [6, 6.07) is 6.33. The minimum Gasteiger partial charge on any atom is -0.489 e. The third kappa shape index (κ3) is 7.56. The third-order valence-corrected chi connectivity index (χ3v) is 6.07. The molecule has 1 N–H and O–H groups in total. The van der Waals surface area contributed by atoms with E-state index in [-0.39, 0.29) is 12.7 Å². The van der Waals surface area contributed by atoms with E-state index in [9.17, 15) is 8.42 Å². The van der Waals surface area contributed by atoms with Crippen LogP contribution in [0.3, 0.4) is 0 Å². The van der Waals surface area contributed by atoms with Crippen molar-refractivity contribution in [1.29, 1.82) is 0 Å². The topological polar surface area (TPSA) is 64.6 Å². The molecule has 0 radical (unpaired) electrons. The average molecular weight is 390 g/mol. The molecule has 25 heavy (non-hydrogen) atoms. The predicted octanol–water partition coefficient (Wildman–Crippen LogP) is 4.61. The molecule has 1 aromatic carbocycles. The highest BCUT2D eigenvalue weighted by atomic mass is 33.2. The lowest BCUT2D eigenvalue weighted by atomic mass is 9.95. The van der Waals surface area contributed by atoms with E-state index < -0.39 is 9.15 Å². The van der Waals surface area contributed by atoms with Gasteiger partial charge < -0.3 is 4.74 Å². The lowest BCUT2D eigenvalue weighted by Crippen LogP contribution is -2.28. The highest BCUT2D eigenvalue weighted by Gasteiger charge is 2.17. The molecule has 0 amide bonds. The third-order valence-electron chi connectivity index (χ3n) is 3.81. The number of ether oxygens (including phenoxy) is 1. The summed E-state index contributed by atoms with van der Waals surface area (Å²) in [5.41, 5.74) is 2.47. The molecule has 5 nitrogen and oxygen atoms in total. The van der Waals surface area contributed by atoms with Gasteiger partial charge in [0.1, 0.15) is 11.9 Å². The van der Waals surface area contributed by atoms with Gasteiger partial charge in [0.05, 0.1) is 17.6 Å². The zero-order chi connectivity index (χ0) is 19.0. The van der Waals surface area contributed by atoms with E-state index in [0.717, 1.165) is 12.2 Å². The summed E-state index contributed by atoms with van der Waals surface area (Å²) in [6.07, 6.45) is 0.651. The van der Waals surface area contributed by atoms with Gasteiger partial charge in [0, 0.05) is 6.54 Å². The average Bonchev–Trinajstić information content (AvgIpc) is 2.53. The van der Waals surface area contributed by atoms with E-state index in [0.29, 0.717) is 29.4 Å². The predicted molar refractivity (Wildman–Crippen MR) is 105 cm³/mol. The quantitative estimate of drug-likeness (QED) is 0.440. The molecular formula is C18H31NO4S2. The van der Waals surface area contributed by atoms with Gasteiger partial charge >= 0.3 is 9.15 Å². The number of rotatable bonds is 11. The van der Waals surface area contributed by atoms with Crippen LogP contribution in [0.1, 0.15) is 70.9 Å². The summed E-state index contributed by atoms with van der Waals surface area (Å²) in [6.45, 7) is 12.9. The molecule has 0 spiro atoms. The first-order valence-corrected chi connectivity index (χ1v) is 11.5. The molecule has 1 aromatic rings. The largest absolute Gasteiger partial charge is 0.489 e. The number of hydrogen-bond acceptors (Lipinski definition) is 6. The summed E-state index contributed by atoms with van der Waals surface area (Å²) in [5, 5.41) is 0. The second-order valence-corrected chi connectivity index (χ2v) is 9.73. The first-order valence-electron chi connectivity index (χ1n) is 8.81. The molecule has 144 valence electrons. The van der Waals surface area contributed by atoms with Gasteiger partial charge in [-0.2, -0.15) is 8.42 Å². The molecule has 1 rings (SSSR count). The van der Waals surface area contributed by atoms with Crippen LogP contribution in [-0.2, 0) is 13.3 Å². The van der Waals surface area contributed by atoms with Crippen molar-refractivity contribution in [3.05, 3.63) is 29.3 Å². The second kappa shape index (κ2) is 10.4. The molecule has 0 heterocycles. The normalized spacial score (nSPS) is 13.4. The van der Waals surface area contributed by atoms with Gasteiger partial charge in [-0.25, -0.2) is 4.72 Å². The molecule has 7 heteroatoms. The maximum absolute atomic E-state index is 11.5. The van der Waals surface area contributed by atoms with Crippen molar-refractivity contribution in [3.63, 3.8) is 0 Å². The molecule has 1 unspecified atom stereocenters. The van der Waals surface area contributed by atoms with Gasteiger partial charge in [-0.1, -0.05) is 46.8 Å². The van der Waals surface area contributed by atoms with Gasteiger partial charge in [0.15, 0.2) is 0 Å². The molecule has 0 bridgehead atoms. The Morgan fingerprint density at radius 1 is 1.12 bits per heavy atom. The second-order valence-electron chi connectivity index (χ2n) is 6.50. The van der Waals surface area contributed by atoms with Gasteiger partial charge in [0.2, 0.25) is 0 Å². The van der Waals surface area contributed by atoms with E-state index in [4.69, 9.17) is 4.74 Å². The lowest BCUT2D eigenvalue weighted by molar-refractivity contribution is 0.199. The summed E-state index contributed by atoms with van der Waals surface area (Å²) in [4.78, 5) is 0. The van der Waals surface area contributed by atoms with Crippen LogP contribution in [0.25, 0.3) is 0 Å². The van der Waals surface area contributed by atoms with Crippen LogP contribution >= 0.6 is 11.0 Å². The Morgan fingerprint density at radius 2 is 1.80 bits per heavy atom. The molecule has 0 aliphatic rings. The van der Waals surface area contributed by atoms with Gasteiger partial charge in [0.25, 0.3) is 0 Å². The number of nitrogens with one attached hydrogen (secondary N) is 1. The van der Waals surface area contributed by atoms with Gasteiger partial charge in [-0.3, -0.25) is 4.18 Å². The Morgan fingerprint density at radius 3 is 2.32 bits per heavy atom. The Labute approximate surface area is 156 Å². The van der Waals surface area contributed by atoms with Crippen LogP contribution in [-0.4, -0.2) is 27.7 Å². The Hall–Kier alpha value is -0.760. The molecule has 0 saturated heterocycles. The highest BCUT2D eigenvalue weighted by molar-refractivity contribution is 8.69. The minimum absolute atomic E-state index is 0.119. The van der Waals surface area contributed by atoms with E-state index in [2.05, 4.69) is 48.7 Å². The fourth-order valence-electron chi connectivity index (χ4n) is 2.30. The summed E-state index contributed by atoms with van der Waals surface area (Å²) >= 11 is 0. The van der Waals surface area contributed by atoms with Crippen molar-refractivity contribution < 1.29 is 17.3 Å². The fourth-order valence-corrected chi connectivity index (χ4v) is 4.11. The van der Waals surface area contributed by atoms with Gasteiger partial charge in [-0.05, 0) is 42.4 Å². The standard InChI is InChI=1S/C18H31NO4S2/c1-7-16(12-19-24-25(20,21)22-8-2)23-18-10-9-15(13(3)4)11-17(18)14(5)6/h9-11,13-14,16,19H,7-8,12H2,1-6H3. The molecule has 0 saturated carbocycles. The van der Waals surface area contributed by atoms with E-state index in [1.54, 1.807) is 6.92 Å². The summed E-state index contributed by atoms with van der Waals surface area (Å²) in [7, 11) is -3.00. The Bertz CT molecular complexity index is 630. The zero-order valence-corrected chi connectivity index (χ0v) is 17.7.